The second-order valence-electron chi connectivity index (χ2n) is 5.72. The fourth-order valence-corrected chi connectivity index (χ4v) is 3.49. The van der Waals surface area contributed by atoms with E-state index in [1.165, 1.54) is 62.6 Å². The number of fused-ring (bicyclic) bond motifs is 2. The lowest BCUT2D eigenvalue weighted by molar-refractivity contribution is 0.377. The molecule has 17 heavy (non-hydrogen) atoms. The molecule has 2 unspecified atom stereocenters. The Balaban J connectivity index is 1.79. The van der Waals surface area contributed by atoms with Crippen molar-refractivity contribution in [3.05, 3.63) is 29.8 Å². The molecule has 0 bridgehead atoms. The summed E-state index contributed by atoms with van der Waals surface area (Å²) in [5.74, 6) is 0.878. The van der Waals surface area contributed by atoms with Crippen LogP contribution in [0.3, 0.4) is 0 Å². The van der Waals surface area contributed by atoms with E-state index in [4.69, 9.17) is 0 Å². The van der Waals surface area contributed by atoms with Crippen molar-refractivity contribution in [1.29, 1.82) is 0 Å². The molecular weight excluding hydrogens is 206 g/mol. The van der Waals surface area contributed by atoms with E-state index in [1.54, 1.807) is 0 Å². The first-order chi connectivity index (χ1) is 8.43. The number of para-hydroxylation sites is 1. The van der Waals surface area contributed by atoms with Gasteiger partial charge in [-0.15, -0.1) is 0 Å². The highest BCUT2D eigenvalue weighted by atomic mass is 14.9. The van der Waals surface area contributed by atoms with E-state index in [9.17, 15) is 0 Å². The van der Waals surface area contributed by atoms with Gasteiger partial charge in [0.15, 0.2) is 0 Å². The molecule has 0 spiro atoms. The fraction of sp³-hybridized carbons (Fsp3) is 0.625. The number of nitrogens with one attached hydrogen (secondary N) is 1. The number of hydrogen-bond acceptors (Lipinski definition) is 1. The smallest absolute Gasteiger partial charge is 0.0375 e. The van der Waals surface area contributed by atoms with Crippen LogP contribution in [0.15, 0.2) is 24.3 Å². The Morgan fingerprint density at radius 2 is 1.65 bits per heavy atom. The third-order valence-electron chi connectivity index (χ3n) is 4.50. The Morgan fingerprint density at radius 1 is 0.882 bits per heavy atom. The van der Waals surface area contributed by atoms with Crippen molar-refractivity contribution in [1.82, 2.24) is 0 Å². The van der Waals surface area contributed by atoms with Crippen LogP contribution in [0.4, 0.5) is 5.69 Å². The molecule has 2 atom stereocenters. The van der Waals surface area contributed by atoms with E-state index in [0.29, 0.717) is 0 Å². The second-order valence-corrected chi connectivity index (χ2v) is 5.72. The predicted octanol–water partition coefficient (Wildman–Crippen LogP) is 4.38. The maximum absolute atomic E-state index is 3.79. The lowest BCUT2D eigenvalue weighted by Crippen LogP contribution is -2.34. The van der Waals surface area contributed by atoms with Gasteiger partial charge in [0.1, 0.15) is 0 Å². The number of hydrogen-bond donors (Lipinski definition) is 1. The number of anilines is 1. The SMILES string of the molecule is c1ccc2c(c1)CC1CCCCCCCC1N2. The second kappa shape index (κ2) is 5.12. The van der Waals surface area contributed by atoms with Gasteiger partial charge in [0, 0.05) is 11.7 Å². The molecule has 0 aromatic heterocycles. The molecule has 1 aliphatic carbocycles. The zero-order chi connectivity index (χ0) is 11.5. The summed E-state index contributed by atoms with van der Waals surface area (Å²) in [5.41, 5.74) is 2.93. The minimum atomic E-state index is 0.739. The summed E-state index contributed by atoms with van der Waals surface area (Å²) in [6, 6.07) is 9.61. The molecular formula is C16H23N. The topological polar surface area (TPSA) is 12.0 Å². The van der Waals surface area contributed by atoms with Crippen LogP contribution in [0.25, 0.3) is 0 Å². The van der Waals surface area contributed by atoms with Gasteiger partial charge in [0.2, 0.25) is 0 Å². The molecule has 0 amide bonds. The molecule has 1 nitrogen and oxygen atoms in total. The Bertz CT molecular complexity index is 337. The highest BCUT2D eigenvalue weighted by Gasteiger charge is 2.27. The summed E-state index contributed by atoms with van der Waals surface area (Å²) >= 11 is 0. The summed E-state index contributed by atoms with van der Waals surface area (Å²) < 4.78 is 0. The van der Waals surface area contributed by atoms with Gasteiger partial charge in [0.25, 0.3) is 0 Å². The first kappa shape index (κ1) is 11.1. The van der Waals surface area contributed by atoms with E-state index >= 15 is 0 Å². The fourth-order valence-electron chi connectivity index (χ4n) is 3.49. The van der Waals surface area contributed by atoms with Crippen LogP contribution >= 0.6 is 0 Å². The van der Waals surface area contributed by atoms with Crippen molar-refractivity contribution in [2.75, 3.05) is 5.32 Å². The van der Waals surface area contributed by atoms with Gasteiger partial charge in [-0.2, -0.15) is 0 Å². The maximum atomic E-state index is 3.79. The third kappa shape index (κ3) is 2.48. The van der Waals surface area contributed by atoms with Gasteiger partial charge >= 0.3 is 0 Å². The van der Waals surface area contributed by atoms with Gasteiger partial charge in [-0.25, -0.2) is 0 Å². The molecule has 1 heterocycles. The zero-order valence-electron chi connectivity index (χ0n) is 10.6. The average molecular weight is 229 g/mol. The molecule has 2 aliphatic rings. The highest BCUT2D eigenvalue weighted by Crippen LogP contribution is 2.34. The molecule has 0 saturated heterocycles. The maximum Gasteiger partial charge on any atom is 0.0375 e. The normalized spacial score (nSPS) is 28.9. The van der Waals surface area contributed by atoms with Crippen molar-refractivity contribution >= 4 is 5.69 Å². The summed E-state index contributed by atoms with van der Waals surface area (Å²) in [4.78, 5) is 0. The van der Waals surface area contributed by atoms with Gasteiger partial charge < -0.3 is 5.32 Å². The van der Waals surface area contributed by atoms with Crippen LogP contribution in [0, 0.1) is 5.92 Å². The standard InChI is InChI=1S/C16H23N/c1-2-4-8-13-12-14-9-6-7-11-16(14)17-15(13)10-5-3-1/h6-7,9,11,13,15,17H,1-5,8,10,12H2. The zero-order valence-corrected chi connectivity index (χ0v) is 10.6. The Hall–Kier alpha value is -0.980. The van der Waals surface area contributed by atoms with Crippen molar-refractivity contribution in [2.24, 2.45) is 5.92 Å². The van der Waals surface area contributed by atoms with Crippen LogP contribution in [0.2, 0.25) is 0 Å². The van der Waals surface area contributed by atoms with E-state index in [2.05, 4.69) is 29.6 Å². The summed E-state index contributed by atoms with van der Waals surface area (Å²) in [5, 5.41) is 3.79. The summed E-state index contributed by atoms with van der Waals surface area (Å²) in [6.45, 7) is 0. The average Bonchev–Trinajstić information content (AvgIpc) is 2.47. The molecule has 1 heteroatoms. The minimum Gasteiger partial charge on any atom is -0.382 e. The number of rotatable bonds is 0. The van der Waals surface area contributed by atoms with Crippen molar-refractivity contribution in [3.63, 3.8) is 0 Å². The molecule has 1 aromatic rings. The van der Waals surface area contributed by atoms with Crippen LogP contribution in [-0.2, 0) is 6.42 Å². The van der Waals surface area contributed by atoms with Gasteiger partial charge in [-0.3, -0.25) is 0 Å². The predicted molar refractivity (Wildman–Crippen MR) is 73.4 cm³/mol. The highest BCUT2D eigenvalue weighted by molar-refractivity contribution is 5.54. The first-order valence-corrected chi connectivity index (χ1v) is 7.28. The molecule has 1 fully saturated rings. The molecule has 1 N–H and O–H groups in total. The van der Waals surface area contributed by atoms with E-state index in [1.807, 2.05) is 0 Å². The monoisotopic (exact) mass is 229 g/mol. The van der Waals surface area contributed by atoms with E-state index < -0.39 is 0 Å². The van der Waals surface area contributed by atoms with Crippen molar-refractivity contribution < 1.29 is 0 Å². The molecule has 1 aliphatic heterocycles. The van der Waals surface area contributed by atoms with Gasteiger partial charge in [-0.1, -0.05) is 50.3 Å². The lowest BCUT2D eigenvalue weighted by Gasteiger charge is -2.34. The summed E-state index contributed by atoms with van der Waals surface area (Å²) in [6.07, 6.45) is 11.3. The lowest BCUT2D eigenvalue weighted by atomic mass is 9.82. The largest absolute Gasteiger partial charge is 0.382 e. The molecule has 1 saturated carbocycles. The van der Waals surface area contributed by atoms with Crippen LogP contribution in [0.5, 0.6) is 0 Å². The van der Waals surface area contributed by atoms with Gasteiger partial charge in [0.05, 0.1) is 0 Å². The Kier molecular flexibility index (Phi) is 3.35. The molecule has 0 radical (unpaired) electrons. The first-order valence-electron chi connectivity index (χ1n) is 7.28. The van der Waals surface area contributed by atoms with Crippen LogP contribution in [0.1, 0.15) is 50.5 Å². The van der Waals surface area contributed by atoms with Crippen LogP contribution in [-0.4, -0.2) is 6.04 Å². The van der Waals surface area contributed by atoms with Crippen molar-refractivity contribution in [2.45, 2.75) is 57.4 Å². The molecule has 3 rings (SSSR count). The minimum absolute atomic E-state index is 0.739. The van der Waals surface area contributed by atoms with E-state index in [0.717, 1.165) is 12.0 Å². The van der Waals surface area contributed by atoms with Crippen molar-refractivity contribution in [3.8, 4) is 0 Å². The quantitative estimate of drug-likeness (QED) is 0.696. The van der Waals surface area contributed by atoms with Gasteiger partial charge in [-0.05, 0) is 36.8 Å². The summed E-state index contributed by atoms with van der Waals surface area (Å²) in [7, 11) is 0. The van der Waals surface area contributed by atoms with Crippen LogP contribution < -0.4 is 5.32 Å². The Labute approximate surface area is 105 Å². The molecule has 92 valence electrons. The van der Waals surface area contributed by atoms with E-state index in [-0.39, 0.29) is 0 Å². The number of benzene rings is 1. The molecule has 1 aromatic carbocycles. The Morgan fingerprint density at radius 3 is 2.59 bits per heavy atom. The third-order valence-corrected chi connectivity index (χ3v) is 4.50.